The predicted molar refractivity (Wildman–Crippen MR) is 603 cm³/mol. The Bertz CT molecular complexity index is 9000. The van der Waals surface area contributed by atoms with E-state index in [2.05, 4.69) is 289 Å². The van der Waals surface area contributed by atoms with Crippen LogP contribution in [0.2, 0.25) is 0 Å². The topological polar surface area (TPSA) is 248 Å². The zero-order chi connectivity index (χ0) is 98.0. The van der Waals surface area contributed by atoms with Crippen LogP contribution in [-0.4, -0.2) is 84.1 Å². The molecule has 0 atom stereocenters. The Labute approximate surface area is 854 Å². The standard InChI is InChI=1S/C25H22N4.C24H19FN4.C24H20N4.C23H16N4O2.C22H17FN4S.4CH4/c1-16-4-6-20-14-21(8-7-19(20)12-16)23-15-26-25-11-10-24(28-29(23)25)27-22-9-5-17(2)18(3)13-22;1-15-3-8-21(11-16(15)2)27-23-9-10-24-26-14-22(29(24)28-23)19-5-4-18-13-20(25)7-6-17(18)12-19;1-16-7-10-21(13-17(16)2)26-23-11-12-24-25-15-22(28(24)27-23)20-9-8-18-5-3-4-6-19(18)14-20;28-23(29)18-6-3-7-19(13-18)25-21-10-11-22-24-14-20(27(22)26-21)17-9-8-15-4-1-2-5-16(15)12-17;1-13-3-5-17(9-14(13)2)25-21-7-8-22-24-12-18(27(22)26-21)20-11-15-10-16(23)4-6-19(15)28-20;;;;/h4-15H,1-3H3,(H,27,28);3-14H,1-2H3,(H,27,28);3-15H,1-2H3,(H,26,27);1-14H,(H,25,26)(H,28,29);3-12H,1-2H3,(H,25,26);4*1H4. The summed E-state index contributed by atoms with van der Waals surface area (Å²) in [5.74, 6) is 2.22. The van der Waals surface area contributed by atoms with Crippen molar-refractivity contribution < 1.29 is 18.7 Å². The third kappa shape index (κ3) is 21.9. The van der Waals surface area contributed by atoms with Crippen LogP contribution in [0.5, 0.6) is 0 Å². The molecule has 0 radical (unpaired) electrons. The van der Waals surface area contributed by atoms with E-state index in [4.69, 9.17) is 20.4 Å². The summed E-state index contributed by atoms with van der Waals surface area (Å²) in [7, 11) is 0. The number of carbonyl (C=O) groups is 1. The number of thiophene rings is 1. The van der Waals surface area contributed by atoms with Crippen LogP contribution in [-0.2, 0) is 0 Å². The summed E-state index contributed by atoms with van der Waals surface area (Å²) in [6.07, 6.45) is 9.20. The minimum absolute atomic E-state index is 0. The van der Waals surface area contributed by atoms with Gasteiger partial charge in [-0.25, -0.2) is 61.1 Å². The first-order chi connectivity index (χ1) is 69.5. The lowest BCUT2D eigenvalue weighted by Crippen LogP contribution is -2.02. The molecule has 25 rings (SSSR count). The number of carboxylic acid groups (broad SMARTS) is 1. The number of anilines is 10. The van der Waals surface area contributed by atoms with Gasteiger partial charge in [0, 0.05) is 55.4 Å². The van der Waals surface area contributed by atoms with Crippen LogP contribution < -0.4 is 26.6 Å². The minimum atomic E-state index is -0.967. The summed E-state index contributed by atoms with van der Waals surface area (Å²) in [6, 6.07) is 111. The van der Waals surface area contributed by atoms with Gasteiger partial charge in [0.2, 0.25) is 0 Å². The van der Waals surface area contributed by atoms with Gasteiger partial charge in [-0.1, -0.05) is 187 Å². The molecule has 147 heavy (non-hydrogen) atoms. The lowest BCUT2D eigenvalue weighted by molar-refractivity contribution is 0.0696. The molecule has 0 saturated heterocycles. The third-order valence-electron chi connectivity index (χ3n) is 25.5. The highest BCUT2D eigenvalue weighted by Gasteiger charge is 2.19. The van der Waals surface area contributed by atoms with Gasteiger partial charge in [0.15, 0.2) is 57.3 Å². The number of halogens is 2. The number of nitrogens with one attached hydrogen (secondary N) is 5. The summed E-state index contributed by atoms with van der Waals surface area (Å²) >= 11 is 1.60. The molecule has 730 valence electrons. The molecule has 0 spiro atoms. The van der Waals surface area contributed by atoms with Crippen molar-refractivity contribution in [1.82, 2.24) is 73.0 Å². The number of aryl methyl sites for hydroxylation is 9. The van der Waals surface area contributed by atoms with Gasteiger partial charge in [0.25, 0.3) is 0 Å². The fourth-order valence-electron chi connectivity index (χ4n) is 17.1. The minimum Gasteiger partial charge on any atom is -0.478 e. The van der Waals surface area contributed by atoms with Gasteiger partial charge in [-0.15, -0.1) is 36.8 Å². The van der Waals surface area contributed by atoms with E-state index in [-0.39, 0.29) is 46.9 Å². The molecule has 11 heterocycles. The van der Waals surface area contributed by atoms with Crippen LogP contribution in [0.4, 0.5) is 66.3 Å². The molecule has 0 fully saturated rings. The molecular formula is C122H110F2N20O2S. The number of carboxylic acids is 1. The molecule has 25 aromatic rings. The summed E-state index contributed by atoms with van der Waals surface area (Å²) in [5, 5.41) is 59.5. The average Bonchev–Trinajstić information content (AvgIpc) is 1.65. The van der Waals surface area contributed by atoms with E-state index in [9.17, 15) is 18.7 Å². The second kappa shape index (κ2) is 43.1. The van der Waals surface area contributed by atoms with Gasteiger partial charge in [-0.3, -0.25) is 0 Å². The first kappa shape index (κ1) is 100. The zero-order valence-electron chi connectivity index (χ0n) is 79.4. The summed E-state index contributed by atoms with van der Waals surface area (Å²) in [5.41, 5.74) is 29.0. The fourth-order valence-corrected chi connectivity index (χ4v) is 18.2. The Balaban J connectivity index is 0.000000125. The van der Waals surface area contributed by atoms with E-state index in [0.29, 0.717) is 11.5 Å². The number of benzene rings is 14. The van der Waals surface area contributed by atoms with Crippen molar-refractivity contribution in [3.05, 3.63) is 438 Å². The van der Waals surface area contributed by atoms with Crippen LogP contribution in [0.25, 0.3) is 137 Å². The van der Waals surface area contributed by atoms with Gasteiger partial charge in [0.05, 0.1) is 64.2 Å². The highest BCUT2D eigenvalue weighted by Crippen LogP contribution is 2.38. The maximum absolute atomic E-state index is 13.5. The van der Waals surface area contributed by atoms with E-state index in [1.807, 2.05) is 158 Å². The highest BCUT2D eigenvalue weighted by atomic mass is 32.1. The molecule has 14 aromatic carbocycles. The lowest BCUT2D eigenvalue weighted by atomic mass is 10.0. The molecule has 0 bridgehead atoms. The van der Waals surface area contributed by atoms with Crippen molar-refractivity contribution in [1.29, 1.82) is 0 Å². The van der Waals surface area contributed by atoms with Crippen LogP contribution in [0.15, 0.2) is 371 Å². The molecule has 0 amide bonds. The van der Waals surface area contributed by atoms with Crippen molar-refractivity contribution in [2.45, 2.75) is 92.0 Å². The number of hydrogen-bond acceptors (Lipinski definition) is 17. The summed E-state index contributed by atoms with van der Waals surface area (Å²) in [4.78, 5) is 34.6. The molecule has 22 nitrogen and oxygen atoms in total. The molecule has 6 N–H and O–H groups in total. The van der Waals surface area contributed by atoms with Gasteiger partial charge in [0.1, 0.15) is 17.3 Å². The van der Waals surface area contributed by atoms with E-state index < -0.39 is 5.97 Å². The Morgan fingerprint density at radius 1 is 0.259 bits per heavy atom. The van der Waals surface area contributed by atoms with Crippen molar-refractivity contribution in [3.63, 3.8) is 0 Å². The van der Waals surface area contributed by atoms with Crippen LogP contribution >= 0.6 is 11.3 Å². The fraction of sp³-hybridized carbons (Fsp3) is 0.107. The predicted octanol–water partition coefficient (Wildman–Crippen LogP) is 31.8. The van der Waals surface area contributed by atoms with E-state index in [1.54, 1.807) is 58.4 Å². The van der Waals surface area contributed by atoms with Crippen LogP contribution in [0.1, 0.15) is 90.1 Å². The average molecular weight is 1960 g/mol. The van der Waals surface area contributed by atoms with Gasteiger partial charge in [-0.2, -0.15) is 0 Å². The van der Waals surface area contributed by atoms with Crippen LogP contribution in [0.3, 0.4) is 0 Å². The van der Waals surface area contributed by atoms with Gasteiger partial charge < -0.3 is 31.7 Å². The number of rotatable bonds is 16. The van der Waals surface area contributed by atoms with Crippen LogP contribution in [0, 0.1) is 73.9 Å². The number of hydrogen-bond donors (Lipinski definition) is 6. The first-order valence-corrected chi connectivity index (χ1v) is 47.5. The van der Waals surface area contributed by atoms with E-state index in [0.717, 1.165) is 156 Å². The maximum Gasteiger partial charge on any atom is 0.335 e. The number of aromatic carboxylic acids is 1. The number of imidazole rings is 5. The third-order valence-corrected chi connectivity index (χ3v) is 26.7. The molecule has 0 unspecified atom stereocenters. The zero-order valence-corrected chi connectivity index (χ0v) is 80.3. The SMILES string of the molecule is C.C.C.C.Cc1ccc(Nc2ccc3ncc(-c4cc5cc(F)ccc5s4)n3n2)cc1C.Cc1ccc(Nc2ccc3ncc(-c4ccc5cc(F)ccc5c4)n3n2)cc1C.Cc1ccc(Nc2ccc3ncc(-c4ccc5ccccc5c4)n3n2)cc1C.Cc1ccc2cc(-c3cnc4ccc(Nc5ccc(C)c(C)c5)nn34)ccc2c1.O=C(O)c1cccc(Nc2ccc3ncc(-c4ccc5ccccc5c4)n3n2)c1. The summed E-state index contributed by atoms with van der Waals surface area (Å²) in [6.45, 7) is 19.0. The molecule has 25 heteroatoms. The number of nitrogens with zero attached hydrogens (tertiary/aromatic N) is 15. The molecule has 0 aliphatic carbocycles. The van der Waals surface area contributed by atoms with Crippen molar-refractivity contribution in [2.24, 2.45) is 0 Å². The first-order valence-electron chi connectivity index (χ1n) is 46.6. The number of fused-ring (bicyclic) bond motifs is 10. The Kier molecular flexibility index (Phi) is 29.4. The molecule has 0 aliphatic rings. The van der Waals surface area contributed by atoms with Crippen molar-refractivity contribution >= 4 is 156 Å². The maximum atomic E-state index is 13.5. The van der Waals surface area contributed by atoms with Crippen molar-refractivity contribution in [2.75, 3.05) is 26.6 Å². The van der Waals surface area contributed by atoms with E-state index in [1.165, 1.54) is 95.2 Å². The molecule has 0 saturated carbocycles. The van der Waals surface area contributed by atoms with Crippen molar-refractivity contribution in [3.8, 4) is 55.6 Å². The molecule has 0 aliphatic heterocycles. The number of aromatic nitrogens is 15. The largest absolute Gasteiger partial charge is 0.478 e. The second-order valence-corrected chi connectivity index (χ2v) is 36.6. The Morgan fingerprint density at radius 3 is 0.912 bits per heavy atom. The smallest absolute Gasteiger partial charge is 0.335 e. The summed E-state index contributed by atoms with van der Waals surface area (Å²) < 4.78 is 37.3. The molecular weight excluding hydrogens is 1850 g/mol. The molecule has 11 aromatic heterocycles. The normalized spacial score (nSPS) is 10.9. The quantitative estimate of drug-likeness (QED) is 0.0526. The Hall–Kier alpha value is -18.5. The second-order valence-electron chi connectivity index (χ2n) is 35.6. The highest BCUT2D eigenvalue weighted by molar-refractivity contribution is 7.22. The van der Waals surface area contributed by atoms with E-state index >= 15 is 0 Å². The monoisotopic (exact) mass is 1960 g/mol. The Morgan fingerprint density at radius 2 is 0.551 bits per heavy atom. The van der Waals surface area contributed by atoms with Gasteiger partial charge >= 0.3 is 5.97 Å². The van der Waals surface area contributed by atoms with Gasteiger partial charge in [-0.05, 0) is 343 Å². The lowest BCUT2D eigenvalue weighted by Gasteiger charge is -2.09.